The van der Waals surface area contributed by atoms with Gasteiger partial charge in [-0.3, -0.25) is 4.79 Å². The van der Waals surface area contributed by atoms with E-state index in [1.807, 2.05) is 13.0 Å². The average Bonchev–Trinajstić information content (AvgIpc) is 2.45. The third-order valence-corrected chi connectivity index (χ3v) is 5.89. The number of aliphatic carboxylic acids is 1. The van der Waals surface area contributed by atoms with E-state index >= 15 is 0 Å². The Morgan fingerprint density at radius 2 is 2.19 bits per heavy atom. The summed E-state index contributed by atoms with van der Waals surface area (Å²) in [5, 5.41) is 9.70. The van der Waals surface area contributed by atoms with Crippen molar-refractivity contribution in [2.24, 2.45) is 23.2 Å². The number of carboxylic acid groups (broad SMARTS) is 1. The number of hydrogen-bond donors (Lipinski definition) is 1. The Balaban J connectivity index is 2.24. The molecule has 0 saturated heterocycles. The molecule has 21 heavy (non-hydrogen) atoms. The highest BCUT2D eigenvalue weighted by Crippen LogP contribution is 2.54. The molecule has 0 aromatic carbocycles. The van der Waals surface area contributed by atoms with Crippen molar-refractivity contribution in [1.29, 1.82) is 0 Å². The minimum absolute atomic E-state index is 0.302. The zero-order valence-corrected chi connectivity index (χ0v) is 13.4. The van der Waals surface area contributed by atoms with Crippen LogP contribution < -0.4 is 0 Å². The van der Waals surface area contributed by atoms with Gasteiger partial charge in [-0.1, -0.05) is 42.9 Å². The van der Waals surface area contributed by atoms with Crippen molar-refractivity contribution in [3.63, 3.8) is 0 Å². The van der Waals surface area contributed by atoms with Crippen molar-refractivity contribution < 1.29 is 9.90 Å². The van der Waals surface area contributed by atoms with Crippen LogP contribution in [-0.2, 0) is 4.79 Å². The van der Waals surface area contributed by atoms with Crippen molar-refractivity contribution in [3.05, 3.63) is 36.5 Å². The van der Waals surface area contributed by atoms with E-state index in [4.69, 9.17) is 0 Å². The molecule has 1 N–H and O–H groups in total. The van der Waals surface area contributed by atoms with Gasteiger partial charge in [0.15, 0.2) is 0 Å². The monoisotopic (exact) mass is 288 g/mol. The number of fused-ring (bicyclic) bond motifs is 1. The molecule has 0 unspecified atom stereocenters. The number of carboxylic acids is 1. The Morgan fingerprint density at radius 3 is 2.81 bits per heavy atom. The van der Waals surface area contributed by atoms with Crippen LogP contribution in [0.5, 0.6) is 0 Å². The number of hydrogen-bond acceptors (Lipinski definition) is 1. The summed E-state index contributed by atoms with van der Waals surface area (Å²) in [6.07, 6.45) is 10.1. The summed E-state index contributed by atoms with van der Waals surface area (Å²) in [6.45, 7) is 12.1. The molecule has 0 amide bonds. The van der Waals surface area contributed by atoms with Crippen LogP contribution in [0, 0.1) is 23.2 Å². The van der Waals surface area contributed by atoms with Gasteiger partial charge in [-0.15, -0.1) is 0 Å². The molecule has 116 valence electrons. The molecule has 0 aromatic rings. The van der Waals surface area contributed by atoms with Gasteiger partial charge in [-0.05, 0) is 63.7 Å². The molecule has 0 radical (unpaired) electrons. The highest BCUT2D eigenvalue weighted by molar-refractivity contribution is 5.74. The van der Waals surface area contributed by atoms with E-state index in [0.717, 1.165) is 38.5 Å². The molecule has 2 rings (SSSR count). The first-order valence-corrected chi connectivity index (χ1v) is 8.10. The quantitative estimate of drug-likeness (QED) is 0.585. The maximum Gasteiger partial charge on any atom is 0.309 e. The molecule has 2 aliphatic rings. The molecule has 2 saturated carbocycles. The van der Waals surface area contributed by atoms with E-state index < -0.39 is 11.4 Å². The first-order chi connectivity index (χ1) is 9.90. The van der Waals surface area contributed by atoms with Crippen LogP contribution in [0.3, 0.4) is 0 Å². The van der Waals surface area contributed by atoms with E-state index in [1.165, 1.54) is 11.1 Å². The predicted octanol–water partition coefficient (Wildman–Crippen LogP) is 4.98. The molecule has 4 atom stereocenters. The van der Waals surface area contributed by atoms with Crippen LogP contribution in [-0.4, -0.2) is 11.1 Å². The second-order valence-corrected chi connectivity index (χ2v) is 7.08. The van der Waals surface area contributed by atoms with Gasteiger partial charge < -0.3 is 5.11 Å². The molecule has 2 aliphatic carbocycles. The molecule has 0 spiro atoms. The SMILES string of the molecule is C=C/C(C)=C\C[C@H]1C(=C)CC[C@@H]2[C@@H]1CCC[C@@]2(C)C(=O)O. The fraction of sp³-hybridized carbons (Fsp3) is 0.632. The lowest BCUT2D eigenvalue weighted by Gasteiger charge is -2.50. The summed E-state index contributed by atoms with van der Waals surface area (Å²) >= 11 is 0. The zero-order chi connectivity index (χ0) is 15.6. The van der Waals surface area contributed by atoms with E-state index in [1.54, 1.807) is 0 Å². The summed E-state index contributed by atoms with van der Waals surface area (Å²) in [4.78, 5) is 11.8. The summed E-state index contributed by atoms with van der Waals surface area (Å²) in [7, 11) is 0. The highest BCUT2D eigenvalue weighted by Gasteiger charge is 2.51. The molecule has 0 heterocycles. The van der Waals surface area contributed by atoms with Crippen molar-refractivity contribution in [1.82, 2.24) is 0 Å². The fourth-order valence-electron chi connectivity index (χ4n) is 4.41. The Bertz CT molecular complexity index is 474. The normalized spacial score (nSPS) is 37.0. The maximum absolute atomic E-state index is 11.8. The summed E-state index contributed by atoms with van der Waals surface area (Å²) in [6, 6.07) is 0. The standard InChI is InChI=1S/C19H28O2/c1-5-13(2)8-10-15-14(3)9-11-17-16(15)7-6-12-19(17,4)18(20)21/h5,8,15-17H,1,3,6-7,9-12H2,2,4H3,(H,20,21)/b13-8-/t15-,16+,17+,19+/m0/s1. The van der Waals surface area contributed by atoms with Gasteiger partial charge in [-0.25, -0.2) is 0 Å². The summed E-state index contributed by atoms with van der Waals surface area (Å²) in [5.41, 5.74) is 1.97. The predicted molar refractivity (Wildman–Crippen MR) is 87.0 cm³/mol. The topological polar surface area (TPSA) is 37.3 Å². The molecule has 0 bridgehead atoms. The Hall–Kier alpha value is -1.31. The Morgan fingerprint density at radius 1 is 1.48 bits per heavy atom. The molecule has 2 fully saturated rings. The van der Waals surface area contributed by atoms with Crippen LogP contribution in [0.1, 0.15) is 52.4 Å². The van der Waals surface area contributed by atoms with Crippen molar-refractivity contribution in [2.45, 2.75) is 52.4 Å². The van der Waals surface area contributed by atoms with Crippen LogP contribution in [0.25, 0.3) is 0 Å². The molecule has 0 aromatic heterocycles. The van der Waals surface area contributed by atoms with Crippen molar-refractivity contribution in [2.75, 3.05) is 0 Å². The number of allylic oxidation sites excluding steroid dienone is 4. The second-order valence-electron chi connectivity index (χ2n) is 7.08. The second kappa shape index (κ2) is 6.21. The van der Waals surface area contributed by atoms with Crippen molar-refractivity contribution >= 4 is 5.97 Å². The first-order valence-electron chi connectivity index (χ1n) is 8.10. The third-order valence-electron chi connectivity index (χ3n) is 5.89. The van der Waals surface area contributed by atoms with E-state index in [-0.39, 0.29) is 0 Å². The van der Waals surface area contributed by atoms with Gasteiger partial charge >= 0.3 is 5.97 Å². The van der Waals surface area contributed by atoms with Crippen LogP contribution in [0.4, 0.5) is 0 Å². The molecule has 2 nitrogen and oxygen atoms in total. The fourth-order valence-corrected chi connectivity index (χ4v) is 4.41. The summed E-state index contributed by atoms with van der Waals surface area (Å²) < 4.78 is 0. The van der Waals surface area contributed by atoms with E-state index in [9.17, 15) is 9.90 Å². The minimum Gasteiger partial charge on any atom is -0.481 e. The lowest BCUT2D eigenvalue weighted by molar-refractivity contribution is -0.157. The molecular weight excluding hydrogens is 260 g/mol. The highest BCUT2D eigenvalue weighted by atomic mass is 16.4. The lowest BCUT2D eigenvalue weighted by atomic mass is 9.54. The molecule has 0 aliphatic heterocycles. The number of rotatable bonds is 4. The van der Waals surface area contributed by atoms with Gasteiger partial charge in [0.05, 0.1) is 5.41 Å². The van der Waals surface area contributed by atoms with Gasteiger partial charge in [0.2, 0.25) is 0 Å². The van der Waals surface area contributed by atoms with Crippen LogP contribution >= 0.6 is 0 Å². The van der Waals surface area contributed by atoms with Crippen LogP contribution in [0.2, 0.25) is 0 Å². The van der Waals surface area contributed by atoms with Gasteiger partial charge in [0, 0.05) is 0 Å². The molecular formula is C19H28O2. The van der Waals surface area contributed by atoms with Crippen molar-refractivity contribution in [3.8, 4) is 0 Å². The maximum atomic E-state index is 11.8. The number of carbonyl (C=O) groups is 1. The van der Waals surface area contributed by atoms with Gasteiger partial charge in [0.25, 0.3) is 0 Å². The molecule has 2 heteroatoms. The van der Waals surface area contributed by atoms with Crippen LogP contribution in [0.15, 0.2) is 36.5 Å². The van der Waals surface area contributed by atoms with Gasteiger partial charge in [-0.2, -0.15) is 0 Å². The lowest BCUT2D eigenvalue weighted by Crippen LogP contribution is -2.47. The summed E-state index contributed by atoms with van der Waals surface area (Å²) in [5.74, 6) is 0.616. The van der Waals surface area contributed by atoms with E-state index in [0.29, 0.717) is 17.8 Å². The van der Waals surface area contributed by atoms with Gasteiger partial charge in [0.1, 0.15) is 0 Å². The average molecular weight is 288 g/mol. The van der Waals surface area contributed by atoms with E-state index in [2.05, 4.69) is 26.2 Å². The smallest absolute Gasteiger partial charge is 0.309 e. The minimum atomic E-state index is -0.610. The largest absolute Gasteiger partial charge is 0.481 e. The zero-order valence-electron chi connectivity index (χ0n) is 13.4. The third kappa shape index (κ3) is 3.00. The Labute approximate surface area is 128 Å². The first kappa shape index (κ1) is 16.1. The Kier molecular flexibility index (Phi) is 4.75.